The van der Waals surface area contributed by atoms with Gasteiger partial charge in [0, 0.05) is 11.8 Å². The highest BCUT2D eigenvalue weighted by Crippen LogP contribution is 2.26. The van der Waals surface area contributed by atoms with Crippen LogP contribution in [0.2, 0.25) is 5.02 Å². The van der Waals surface area contributed by atoms with Gasteiger partial charge in [0.1, 0.15) is 5.75 Å². The highest BCUT2D eigenvalue weighted by Gasteiger charge is 2.01. The van der Waals surface area contributed by atoms with E-state index in [-0.39, 0.29) is 0 Å². The molecule has 0 fully saturated rings. The molecule has 0 heterocycles. The summed E-state index contributed by atoms with van der Waals surface area (Å²) in [5.41, 5.74) is 6.31. The topological polar surface area (TPSA) is 35.2 Å². The number of anilines is 1. The minimum absolute atomic E-state index is 0.618. The predicted octanol–water partition coefficient (Wildman–Crippen LogP) is 3.44. The van der Waals surface area contributed by atoms with Gasteiger partial charge >= 0.3 is 0 Å². The molecular weight excluding hydrogens is 230 g/mol. The van der Waals surface area contributed by atoms with Crippen molar-refractivity contribution in [2.45, 2.75) is 13.3 Å². The Morgan fingerprint density at radius 2 is 2.27 bits per heavy atom. The van der Waals surface area contributed by atoms with Gasteiger partial charge < -0.3 is 10.5 Å². The Bertz CT molecular complexity index is 307. The van der Waals surface area contributed by atoms with Crippen molar-refractivity contribution in [3.8, 4) is 5.75 Å². The third kappa shape index (κ3) is 4.67. The van der Waals surface area contributed by atoms with Crippen LogP contribution in [0.3, 0.4) is 0 Å². The SMILES string of the molecule is CCSCCCOc1cc(N)ccc1Cl. The largest absolute Gasteiger partial charge is 0.492 e. The number of nitrogens with two attached hydrogens (primary N) is 1. The van der Waals surface area contributed by atoms with Crippen LogP contribution in [0.15, 0.2) is 18.2 Å². The van der Waals surface area contributed by atoms with Crippen LogP contribution in [0.4, 0.5) is 5.69 Å². The van der Waals surface area contributed by atoms with E-state index in [4.69, 9.17) is 22.1 Å². The summed E-state index contributed by atoms with van der Waals surface area (Å²) >= 11 is 7.86. The van der Waals surface area contributed by atoms with Crippen molar-refractivity contribution in [3.05, 3.63) is 23.2 Å². The van der Waals surface area contributed by atoms with Gasteiger partial charge in [-0.2, -0.15) is 11.8 Å². The first-order valence-corrected chi connectivity index (χ1v) is 6.53. The van der Waals surface area contributed by atoms with Gasteiger partial charge in [-0.3, -0.25) is 0 Å². The lowest BCUT2D eigenvalue weighted by Crippen LogP contribution is -2.00. The van der Waals surface area contributed by atoms with Crippen LogP contribution in [-0.2, 0) is 0 Å². The molecule has 15 heavy (non-hydrogen) atoms. The smallest absolute Gasteiger partial charge is 0.139 e. The number of benzene rings is 1. The standard InChI is InChI=1S/C11H16ClNOS/c1-2-15-7-3-6-14-11-8-9(13)4-5-10(11)12/h4-5,8H,2-3,6-7,13H2,1H3. The van der Waals surface area contributed by atoms with Crippen molar-refractivity contribution in [2.75, 3.05) is 23.8 Å². The molecule has 0 aliphatic rings. The maximum absolute atomic E-state index is 5.95. The molecule has 84 valence electrons. The van der Waals surface area contributed by atoms with Gasteiger partial charge in [0.25, 0.3) is 0 Å². The van der Waals surface area contributed by atoms with E-state index < -0.39 is 0 Å². The minimum Gasteiger partial charge on any atom is -0.492 e. The zero-order valence-corrected chi connectivity index (χ0v) is 10.4. The normalized spacial score (nSPS) is 10.3. The van der Waals surface area contributed by atoms with E-state index in [1.54, 1.807) is 18.2 Å². The van der Waals surface area contributed by atoms with E-state index in [9.17, 15) is 0 Å². The molecule has 0 saturated carbocycles. The molecular formula is C11H16ClNOS. The van der Waals surface area contributed by atoms with Gasteiger partial charge in [-0.15, -0.1) is 0 Å². The Kier molecular flexibility index (Phi) is 5.73. The molecule has 0 saturated heterocycles. The van der Waals surface area contributed by atoms with Crippen LogP contribution in [0.1, 0.15) is 13.3 Å². The number of nitrogen functional groups attached to an aromatic ring is 1. The van der Waals surface area contributed by atoms with E-state index in [2.05, 4.69) is 6.92 Å². The zero-order valence-electron chi connectivity index (χ0n) is 8.83. The van der Waals surface area contributed by atoms with Crippen LogP contribution in [0.5, 0.6) is 5.75 Å². The molecule has 0 bridgehead atoms. The summed E-state index contributed by atoms with van der Waals surface area (Å²) in [5, 5.41) is 0.618. The fourth-order valence-corrected chi connectivity index (χ4v) is 1.90. The van der Waals surface area contributed by atoms with E-state index >= 15 is 0 Å². The average molecular weight is 246 g/mol. The Balaban J connectivity index is 2.33. The number of rotatable bonds is 6. The second-order valence-corrected chi connectivity index (χ2v) is 4.89. The summed E-state index contributed by atoms with van der Waals surface area (Å²) in [6, 6.07) is 5.28. The third-order valence-electron chi connectivity index (χ3n) is 1.85. The second kappa shape index (κ2) is 6.85. The molecule has 0 radical (unpaired) electrons. The Hall–Kier alpha value is -0.540. The lowest BCUT2D eigenvalue weighted by Gasteiger charge is -2.08. The first-order chi connectivity index (χ1) is 7.24. The molecule has 0 aliphatic carbocycles. The summed E-state index contributed by atoms with van der Waals surface area (Å²) in [6.45, 7) is 2.84. The molecule has 0 amide bonds. The molecule has 1 aromatic rings. The van der Waals surface area contributed by atoms with Crippen molar-refractivity contribution in [1.29, 1.82) is 0 Å². The number of hydrogen-bond acceptors (Lipinski definition) is 3. The van der Waals surface area contributed by atoms with Crippen LogP contribution < -0.4 is 10.5 Å². The van der Waals surface area contributed by atoms with Crippen molar-refractivity contribution >= 4 is 29.1 Å². The quantitative estimate of drug-likeness (QED) is 0.616. The van der Waals surface area contributed by atoms with Gasteiger partial charge in [0.15, 0.2) is 0 Å². The molecule has 0 aromatic heterocycles. The summed E-state index contributed by atoms with van der Waals surface area (Å²) in [6.07, 6.45) is 1.03. The van der Waals surface area contributed by atoms with Gasteiger partial charge in [0.2, 0.25) is 0 Å². The third-order valence-corrected chi connectivity index (χ3v) is 3.15. The maximum atomic E-state index is 5.95. The van der Waals surface area contributed by atoms with Gasteiger partial charge in [-0.25, -0.2) is 0 Å². The van der Waals surface area contributed by atoms with E-state index in [0.717, 1.165) is 17.9 Å². The molecule has 2 N–H and O–H groups in total. The van der Waals surface area contributed by atoms with Gasteiger partial charge in [-0.05, 0) is 30.1 Å². The summed E-state index contributed by atoms with van der Waals surface area (Å²) in [5.74, 6) is 2.95. The van der Waals surface area contributed by atoms with Crippen molar-refractivity contribution in [3.63, 3.8) is 0 Å². The Morgan fingerprint density at radius 1 is 1.47 bits per heavy atom. The predicted molar refractivity (Wildman–Crippen MR) is 69.0 cm³/mol. The van der Waals surface area contributed by atoms with Crippen LogP contribution >= 0.6 is 23.4 Å². The fourth-order valence-electron chi connectivity index (χ4n) is 1.12. The fraction of sp³-hybridized carbons (Fsp3) is 0.455. The van der Waals surface area contributed by atoms with Crippen LogP contribution in [0, 0.1) is 0 Å². The number of halogens is 1. The highest BCUT2D eigenvalue weighted by atomic mass is 35.5. The molecule has 0 unspecified atom stereocenters. The van der Waals surface area contributed by atoms with E-state index in [1.165, 1.54) is 0 Å². The van der Waals surface area contributed by atoms with E-state index in [1.807, 2.05) is 11.8 Å². The average Bonchev–Trinajstić information content (AvgIpc) is 2.23. The second-order valence-electron chi connectivity index (χ2n) is 3.09. The summed E-state index contributed by atoms with van der Waals surface area (Å²) < 4.78 is 5.54. The molecule has 1 aromatic carbocycles. The number of ether oxygens (including phenoxy) is 1. The molecule has 4 heteroatoms. The summed E-state index contributed by atoms with van der Waals surface area (Å²) in [4.78, 5) is 0. The van der Waals surface area contributed by atoms with Gasteiger partial charge in [-0.1, -0.05) is 18.5 Å². The number of thioether (sulfide) groups is 1. The summed E-state index contributed by atoms with van der Waals surface area (Å²) in [7, 11) is 0. The zero-order chi connectivity index (χ0) is 11.1. The Morgan fingerprint density at radius 3 is 3.00 bits per heavy atom. The molecule has 2 nitrogen and oxygen atoms in total. The van der Waals surface area contributed by atoms with Crippen LogP contribution in [0.25, 0.3) is 0 Å². The molecule has 0 aliphatic heterocycles. The minimum atomic E-state index is 0.618. The van der Waals surface area contributed by atoms with E-state index in [0.29, 0.717) is 23.1 Å². The first kappa shape index (κ1) is 12.5. The van der Waals surface area contributed by atoms with Crippen molar-refractivity contribution < 1.29 is 4.74 Å². The highest BCUT2D eigenvalue weighted by molar-refractivity contribution is 7.99. The van der Waals surface area contributed by atoms with Crippen molar-refractivity contribution in [2.24, 2.45) is 0 Å². The molecule has 1 rings (SSSR count). The number of hydrogen-bond donors (Lipinski definition) is 1. The monoisotopic (exact) mass is 245 g/mol. The first-order valence-electron chi connectivity index (χ1n) is 4.99. The molecule has 0 atom stereocenters. The molecule has 0 spiro atoms. The maximum Gasteiger partial charge on any atom is 0.139 e. The lowest BCUT2D eigenvalue weighted by atomic mass is 10.3. The lowest BCUT2D eigenvalue weighted by molar-refractivity contribution is 0.319. The van der Waals surface area contributed by atoms with Crippen LogP contribution in [-0.4, -0.2) is 18.1 Å². The van der Waals surface area contributed by atoms with Crippen molar-refractivity contribution in [1.82, 2.24) is 0 Å². The van der Waals surface area contributed by atoms with Gasteiger partial charge in [0.05, 0.1) is 11.6 Å². The Labute approximate surface area is 100 Å².